The molecule has 0 N–H and O–H groups in total. The third-order valence-corrected chi connectivity index (χ3v) is 9.04. The molecule has 0 amide bonds. The van der Waals surface area contributed by atoms with Crippen LogP contribution in [0.15, 0.2) is 58.3 Å². The van der Waals surface area contributed by atoms with Gasteiger partial charge in [0.2, 0.25) is 9.84 Å². The molecule has 2 fully saturated rings. The van der Waals surface area contributed by atoms with Gasteiger partial charge in [-0.05, 0) is 23.3 Å². The molecule has 0 radical (unpaired) electrons. The van der Waals surface area contributed by atoms with Crippen LogP contribution >= 0.6 is 23.5 Å². The molecule has 2 heterocycles. The minimum atomic E-state index is -3.48. The lowest BCUT2D eigenvalue weighted by molar-refractivity contribution is 0.594. The summed E-state index contributed by atoms with van der Waals surface area (Å²) in [6.07, 6.45) is 0. The van der Waals surface area contributed by atoms with Crippen molar-refractivity contribution in [2.45, 2.75) is 44.6 Å². The van der Waals surface area contributed by atoms with Gasteiger partial charge in [-0.2, -0.15) is 0 Å². The van der Waals surface area contributed by atoms with Gasteiger partial charge in [0, 0.05) is 21.0 Å². The number of rotatable bonds is 4. The van der Waals surface area contributed by atoms with Crippen molar-refractivity contribution in [3.8, 4) is 0 Å². The Morgan fingerprint density at radius 1 is 0.739 bits per heavy atom. The summed E-state index contributed by atoms with van der Waals surface area (Å²) in [5, 5.41) is 1.62. The van der Waals surface area contributed by atoms with Crippen LogP contribution in [0.4, 0.5) is 0 Å². The lowest BCUT2D eigenvalue weighted by atomic mass is 10.1. The average Bonchev–Trinajstić information content (AvgIpc) is 3.46. The van der Waals surface area contributed by atoms with Gasteiger partial charge < -0.3 is 0 Å². The Morgan fingerprint density at radius 3 is 1.43 bits per heavy atom. The normalized spacial score (nSPS) is 29.3. The molecular formula is C18H18O2S3. The zero-order valence-electron chi connectivity index (χ0n) is 13.0. The van der Waals surface area contributed by atoms with E-state index in [4.69, 9.17) is 0 Å². The van der Waals surface area contributed by atoms with E-state index in [0.29, 0.717) is 30.8 Å². The molecule has 0 aliphatic carbocycles. The average molecular weight is 363 g/mol. The van der Waals surface area contributed by atoms with Gasteiger partial charge in [-0.25, -0.2) is 8.42 Å². The SMILES string of the molecule is CC1SC1c1ccccc1S(=O)(=O)c1ccccc1C1SC1C. The molecule has 2 aromatic carbocycles. The molecule has 5 heteroatoms. The van der Waals surface area contributed by atoms with Gasteiger partial charge in [-0.15, -0.1) is 23.5 Å². The van der Waals surface area contributed by atoms with Gasteiger partial charge in [0.15, 0.2) is 0 Å². The summed E-state index contributed by atoms with van der Waals surface area (Å²) >= 11 is 3.65. The lowest BCUT2D eigenvalue weighted by Gasteiger charge is -2.13. The quantitative estimate of drug-likeness (QED) is 0.727. The molecule has 2 aliphatic rings. The Labute approximate surface area is 146 Å². The maximum atomic E-state index is 13.3. The summed E-state index contributed by atoms with van der Waals surface area (Å²) < 4.78 is 26.7. The molecule has 2 aromatic rings. The predicted octanol–water partition coefficient (Wildman–Crippen LogP) is 4.87. The van der Waals surface area contributed by atoms with Gasteiger partial charge in [0.1, 0.15) is 0 Å². The fourth-order valence-electron chi connectivity index (χ4n) is 3.06. The first-order valence-electron chi connectivity index (χ1n) is 7.74. The molecule has 4 unspecified atom stereocenters. The first kappa shape index (κ1) is 15.6. The fraction of sp³-hybridized carbons (Fsp3) is 0.333. The summed E-state index contributed by atoms with van der Waals surface area (Å²) in [6, 6.07) is 15.0. The Morgan fingerprint density at radius 2 is 1.09 bits per heavy atom. The maximum absolute atomic E-state index is 13.3. The van der Waals surface area contributed by atoms with E-state index < -0.39 is 9.84 Å². The molecule has 2 saturated heterocycles. The van der Waals surface area contributed by atoms with E-state index >= 15 is 0 Å². The van der Waals surface area contributed by atoms with Crippen LogP contribution < -0.4 is 0 Å². The van der Waals surface area contributed by atoms with Gasteiger partial charge in [-0.3, -0.25) is 0 Å². The Balaban J connectivity index is 1.84. The van der Waals surface area contributed by atoms with E-state index in [2.05, 4.69) is 13.8 Å². The summed E-state index contributed by atoms with van der Waals surface area (Å²) in [5.74, 6) is 0. The second kappa shape index (κ2) is 5.57. The van der Waals surface area contributed by atoms with Gasteiger partial charge in [0.05, 0.1) is 9.79 Å². The minimum absolute atomic E-state index is 0.308. The molecule has 23 heavy (non-hydrogen) atoms. The van der Waals surface area contributed by atoms with E-state index in [1.807, 2.05) is 59.9 Å². The first-order valence-corrected chi connectivity index (χ1v) is 11.1. The van der Waals surface area contributed by atoms with Crippen LogP contribution in [-0.4, -0.2) is 18.9 Å². The van der Waals surface area contributed by atoms with Crippen LogP contribution in [0.1, 0.15) is 35.5 Å². The van der Waals surface area contributed by atoms with Crippen molar-refractivity contribution in [1.82, 2.24) is 0 Å². The monoisotopic (exact) mass is 362 g/mol. The highest BCUT2D eigenvalue weighted by atomic mass is 32.2. The van der Waals surface area contributed by atoms with Crippen molar-refractivity contribution in [3.63, 3.8) is 0 Å². The standard InChI is InChI=1S/C18H18O2S3/c1-11-17(21-11)13-7-3-5-9-15(13)23(19,20)16-10-6-4-8-14(16)18-12(2)22-18/h3-12,17-18H,1-2H3. The molecule has 120 valence electrons. The summed E-state index contributed by atoms with van der Waals surface area (Å²) in [4.78, 5) is 0.959. The van der Waals surface area contributed by atoms with Crippen molar-refractivity contribution >= 4 is 33.4 Å². The van der Waals surface area contributed by atoms with Crippen LogP contribution in [0.5, 0.6) is 0 Å². The van der Waals surface area contributed by atoms with E-state index in [1.54, 1.807) is 12.1 Å². The molecule has 4 atom stereocenters. The predicted molar refractivity (Wildman–Crippen MR) is 97.9 cm³/mol. The molecule has 0 bridgehead atoms. The van der Waals surface area contributed by atoms with Crippen LogP contribution in [-0.2, 0) is 9.84 Å². The summed E-state index contributed by atoms with van der Waals surface area (Å²) in [5.41, 5.74) is 1.91. The Hall–Kier alpha value is -0.910. The first-order chi connectivity index (χ1) is 11.0. The maximum Gasteiger partial charge on any atom is 0.207 e. The molecule has 0 saturated carbocycles. The molecule has 2 aliphatic heterocycles. The van der Waals surface area contributed by atoms with Crippen molar-refractivity contribution < 1.29 is 8.42 Å². The van der Waals surface area contributed by atoms with Gasteiger partial charge in [-0.1, -0.05) is 50.2 Å². The van der Waals surface area contributed by atoms with Crippen LogP contribution in [0.3, 0.4) is 0 Å². The smallest absolute Gasteiger partial charge is 0.207 e. The van der Waals surface area contributed by atoms with E-state index in [-0.39, 0.29) is 0 Å². The third-order valence-electron chi connectivity index (χ3n) is 4.45. The minimum Gasteiger partial charge on any atom is -0.218 e. The highest BCUT2D eigenvalue weighted by Crippen LogP contribution is 2.58. The summed E-state index contributed by atoms with van der Waals surface area (Å²) in [7, 11) is -3.48. The van der Waals surface area contributed by atoms with E-state index in [9.17, 15) is 8.42 Å². The van der Waals surface area contributed by atoms with Crippen molar-refractivity contribution in [2.24, 2.45) is 0 Å². The molecule has 4 rings (SSSR count). The van der Waals surface area contributed by atoms with Crippen molar-refractivity contribution in [3.05, 3.63) is 59.7 Å². The Bertz CT molecular complexity index is 795. The number of hydrogen-bond donors (Lipinski definition) is 0. The second-order valence-electron chi connectivity index (χ2n) is 6.10. The largest absolute Gasteiger partial charge is 0.218 e. The van der Waals surface area contributed by atoms with Crippen molar-refractivity contribution in [2.75, 3.05) is 0 Å². The van der Waals surface area contributed by atoms with E-state index in [1.165, 1.54) is 0 Å². The highest BCUT2D eigenvalue weighted by molar-refractivity contribution is 8.07. The van der Waals surface area contributed by atoms with Crippen LogP contribution in [0.25, 0.3) is 0 Å². The summed E-state index contributed by atoms with van der Waals surface area (Å²) in [6.45, 7) is 4.30. The van der Waals surface area contributed by atoms with E-state index in [0.717, 1.165) is 11.1 Å². The van der Waals surface area contributed by atoms with Crippen molar-refractivity contribution in [1.29, 1.82) is 0 Å². The number of sulfone groups is 1. The third kappa shape index (κ3) is 2.73. The second-order valence-corrected chi connectivity index (χ2v) is 11.0. The van der Waals surface area contributed by atoms with Gasteiger partial charge >= 0.3 is 0 Å². The molecule has 0 spiro atoms. The number of benzene rings is 2. The molecule has 0 aromatic heterocycles. The fourth-order valence-corrected chi connectivity index (χ4v) is 6.72. The number of hydrogen-bond acceptors (Lipinski definition) is 4. The molecule has 2 nitrogen and oxygen atoms in total. The number of thioether (sulfide) groups is 2. The van der Waals surface area contributed by atoms with Crippen LogP contribution in [0, 0.1) is 0 Å². The Kier molecular flexibility index (Phi) is 3.78. The van der Waals surface area contributed by atoms with Gasteiger partial charge in [0.25, 0.3) is 0 Å². The molecular weight excluding hydrogens is 344 g/mol. The topological polar surface area (TPSA) is 34.1 Å². The highest BCUT2D eigenvalue weighted by Gasteiger charge is 2.42. The zero-order chi connectivity index (χ0) is 16.2. The van der Waals surface area contributed by atoms with Crippen LogP contribution in [0.2, 0.25) is 0 Å². The lowest BCUT2D eigenvalue weighted by Crippen LogP contribution is -2.08. The zero-order valence-corrected chi connectivity index (χ0v) is 15.4.